The van der Waals surface area contributed by atoms with Crippen molar-refractivity contribution in [1.29, 1.82) is 0 Å². The number of nitrogens with one attached hydrogen (secondary N) is 1. The molecule has 1 aliphatic heterocycles. The molecule has 0 bridgehead atoms. The molecular formula is C24H34FNO2. The summed E-state index contributed by atoms with van der Waals surface area (Å²) in [6.45, 7) is 4.51. The van der Waals surface area contributed by atoms with Crippen molar-refractivity contribution in [2.24, 2.45) is 17.8 Å². The number of hydrogen-bond acceptors (Lipinski definition) is 2. The molecule has 5 atom stereocenters. The molecule has 28 heavy (non-hydrogen) atoms. The van der Waals surface area contributed by atoms with Crippen molar-refractivity contribution in [3.05, 3.63) is 35.6 Å². The first kappa shape index (κ1) is 19.9. The van der Waals surface area contributed by atoms with E-state index in [0.29, 0.717) is 11.8 Å². The predicted molar refractivity (Wildman–Crippen MR) is 108 cm³/mol. The molecule has 1 saturated heterocycles. The molecule has 4 rings (SSSR count). The Balaban J connectivity index is 1.56. The molecule has 1 aromatic rings. The van der Waals surface area contributed by atoms with E-state index in [-0.39, 0.29) is 35.4 Å². The van der Waals surface area contributed by atoms with Crippen LogP contribution in [0.25, 0.3) is 0 Å². The number of carbonyl (C=O) groups is 1. The van der Waals surface area contributed by atoms with Gasteiger partial charge in [-0.25, -0.2) is 4.39 Å². The Morgan fingerprint density at radius 1 is 1.11 bits per heavy atom. The van der Waals surface area contributed by atoms with Crippen molar-refractivity contribution in [3.63, 3.8) is 0 Å². The molecule has 154 valence electrons. The van der Waals surface area contributed by atoms with Crippen LogP contribution in [0.1, 0.15) is 83.3 Å². The van der Waals surface area contributed by atoms with E-state index < -0.39 is 0 Å². The van der Waals surface area contributed by atoms with Crippen molar-refractivity contribution in [2.75, 3.05) is 0 Å². The van der Waals surface area contributed by atoms with Crippen LogP contribution >= 0.6 is 0 Å². The Morgan fingerprint density at radius 2 is 1.82 bits per heavy atom. The van der Waals surface area contributed by atoms with E-state index in [0.717, 1.165) is 37.7 Å². The standard InChI is InChI=1S/C24H34FNO2/c1-16-8-13-20-21(14-16)28-22(17-9-11-19(25)12-10-17)15-24(20,2)26-23(27)18-6-4-3-5-7-18/h9-12,16,18,20-22H,3-8,13-15H2,1-2H3,(H,26,27)/t16-,20-,21-,22-,24-/m0/s1. The number of fused-ring (bicyclic) bond motifs is 1. The first-order valence-electron chi connectivity index (χ1n) is 11.2. The SMILES string of the molecule is C[C@H]1CC[C@H]2[C@H](C1)O[C@H](c1ccc(F)cc1)C[C@]2(C)NC(=O)C1CCCCC1. The minimum absolute atomic E-state index is 0.0937. The lowest BCUT2D eigenvalue weighted by Crippen LogP contribution is -2.61. The van der Waals surface area contributed by atoms with Gasteiger partial charge in [-0.15, -0.1) is 0 Å². The van der Waals surface area contributed by atoms with Crippen LogP contribution in [0, 0.1) is 23.6 Å². The minimum atomic E-state index is -0.267. The normalized spacial score (nSPS) is 36.5. The summed E-state index contributed by atoms with van der Waals surface area (Å²) in [5.74, 6) is 1.18. The molecule has 0 spiro atoms. The summed E-state index contributed by atoms with van der Waals surface area (Å²) < 4.78 is 19.9. The lowest BCUT2D eigenvalue weighted by molar-refractivity contribution is -0.155. The quantitative estimate of drug-likeness (QED) is 0.739. The molecular weight excluding hydrogens is 353 g/mol. The number of amides is 1. The largest absolute Gasteiger partial charge is 0.370 e. The average molecular weight is 388 g/mol. The molecule has 4 heteroatoms. The molecule has 3 nitrogen and oxygen atoms in total. The third kappa shape index (κ3) is 4.12. The van der Waals surface area contributed by atoms with E-state index in [9.17, 15) is 9.18 Å². The molecule has 1 aromatic carbocycles. The molecule has 2 saturated carbocycles. The van der Waals surface area contributed by atoms with Gasteiger partial charge in [0.2, 0.25) is 5.91 Å². The van der Waals surface area contributed by atoms with Gasteiger partial charge in [-0.3, -0.25) is 4.79 Å². The molecule has 2 aliphatic carbocycles. The summed E-state index contributed by atoms with van der Waals surface area (Å²) in [4.78, 5) is 13.1. The molecule has 1 amide bonds. The first-order valence-corrected chi connectivity index (χ1v) is 11.2. The smallest absolute Gasteiger partial charge is 0.223 e. The lowest BCUT2D eigenvalue weighted by Gasteiger charge is -2.52. The number of carbonyl (C=O) groups excluding carboxylic acids is 1. The Labute approximate surface area is 168 Å². The molecule has 0 aromatic heterocycles. The van der Waals surface area contributed by atoms with Crippen LogP contribution in [0.5, 0.6) is 0 Å². The highest BCUT2D eigenvalue weighted by molar-refractivity contribution is 5.79. The molecule has 1 heterocycles. The number of ether oxygens (including phenoxy) is 1. The van der Waals surface area contributed by atoms with E-state index in [2.05, 4.69) is 19.2 Å². The molecule has 0 unspecified atom stereocenters. The second-order valence-corrected chi connectivity index (χ2v) is 9.69. The van der Waals surface area contributed by atoms with Crippen molar-refractivity contribution in [1.82, 2.24) is 5.32 Å². The summed E-state index contributed by atoms with van der Waals surface area (Å²) >= 11 is 0. The van der Waals surface area contributed by atoms with Gasteiger partial charge >= 0.3 is 0 Å². The highest BCUT2D eigenvalue weighted by Gasteiger charge is 2.49. The van der Waals surface area contributed by atoms with Crippen LogP contribution in [0.4, 0.5) is 4.39 Å². The van der Waals surface area contributed by atoms with Crippen molar-refractivity contribution < 1.29 is 13.9 Å². The van der Waals surface area contributed by atoms with Gasteiger partial charge in [0.15, 0.2) is 0 Å². The van der Waals surface area contributed by atoms with Gasteiger partial charge in [-0.1, -0.05) is 44.7 Å². The summed E-state index contributed by atoms with van der Waals surface area (Å²) in [6, 6.07) is 6.67. The van der Waals surface area contributed by atoms with Crippen LogP contribution in [0.15, 0.2) is 24.3 Å². The second-order valence-electron chi connectivity index (χ2n) is 9.69. The van der Waals surface area contributed by atoms with E-state index in [1.807, 2.05) is 12.1 Å². The number of benzene rings is 1. The number of hydrogen-bond donors (Lipinski definition) is 1. The van der Waals surface area contributed by atoms with Gasteiger partial charge in [0.05, 0.1) is 12.2 Å². The third-order valence-electron chi connectivity index (χ3n) is 7.45. The average Bonchev–Trinajstić information content (AvgIpc) is 2.68. The summed E-state index contributed by atoms with van der Waals surface area (Å²) in [6.07, 6.45) is 9.78. The fourth-order valence-corrected chi connectivity index (χ4v) is 5.77. The number of rotatable bonds is 3. The van der Waals surface area contributed by atoms with E-state index in [1.165, 1.54) is 37.8 Å². The van der Waals surface area contributed by atoms with Crippen LogP contribution in [-0.2, 0) is 9.53 Å². The van der Waals surface area contributed by atoms with Crippen LogP contribution < -0.4 is 5.32 Å². The first-order chi connectivity index (χ1) is 13.4. The van der Waals surface area contributed by atoms with Gasteiger partial charge in [0, 0.05) is 23.8 Å². The minimum Gasteiger partial charge on any atom is -0.370 e. The van der Waals surface area contributed by atoms with Crippen LogP contribution in [-0.4, -0.2) is 17.6 Å². The molecule has 1 N–H and O–H groups in total. The zero-order chi connectivity index (χ0) is 19.7. The summed E-state index contributed by atoms with van der Waals surface area (Å²) in [5, 5.41) is 3.50. The summed E-state index contributed by atoms with van der Waals surface area (Å²) in [7, 11) is 0. The van der Waals surface area contributed by atoms with Crippen molar-refractivity contribution in [2.45, 2.75) is 89.4 Å². The maximum Gasteiger partial charge on any atom is 0.223 e. The van der Waals surface area contributed by atoms with Crippen LogP contribution in [0.3, 0.4) is 0 Å². The van der Waals surface area contributed by atoms with Gasteiger partial charge in [0.1, 0.15) is 5.82 Å². The molecule has 3 fully saturated rings. The lowest BCUT2D eigenvalue weighted by atomic mass is 9.66. The molecule has 3 aliphatic rings. The van der Waals surface area contributed by atoms with E-state index in [1.54, 1.807) is 0 Å². The highest BCUT2D eigenvalue weighted by atomic mass is 19.1. The third-order valence-corrected chi connectivity index (χ3v) is 7.45. The van der Waals surface area contributed by atoms with Gasteiger partial charge in [0.25, 0.3) is 0 Å². The maximum atomic E-state index is 13.4. The van der Waals surface area contributed by atoms with Crippen molar-refractivity contribution >= 4 is 5.91 Å². The highest BCUT2D eigenvalue weighted by Crippen LogP contribution is 2.48. The Bertz CT molecular complexity index is 684. The second kappa shape index (κ2) is 8.14. The topological polar surface area (TPSA) is 38.3 Å². The Hall–Kier alpha value is -1.42. The monoisotopic (exact) mass is 387 g/mol. The fraction of sp³-hybridized carbons (Fsp3) is 0.708. The van der Waals surface area contributed by atoms with E-state index >= 15 is 0 Å². The maximum absolute atomic E-state index is 13.4. The van der Waals surface area contributed by atoms with E-state index in [4.69, 9.17) is 4.74 Å². The van der Waals surface area contributed by atoms with Gasteiger partial charge in [-0.2, -0.15) is 0 Å². The number of halogens is 1. The van der Waals surface area contributed by atoms with Crippen LogP contribution in [0.2, 0.25) is 0 Å². The zero-order valence-electron chi connectivity index (χ0n) is 17.3. The van der Waals surface area contributed by atoms with Gasteiger partial charge in [-0.05, 0) is 56.2 Å². The Kier molecular flexibility index (Phi) is 5.78. The fourth-order valence-electron chi connectivity index (χ4n) is 5.77. The van der Waals surface area contributed by atoms with Crippen molar-refractivity contribution in [3.8, 4) is 0 Å². The summed E-state index contributed by atoms with van der Waals surface area (Å²) in [5.41, 5.74) is 0.743. The van der Waals surface area contributed by atoms with Gasteiger partial charge < -0.3 is 10.1 Å². The zero-order valence-corrected chi connectivity index (χ0v) is 17.3. The molecule has 0 radical (unpaired) electrons. The Morgan fingerprint density at radius 3 is 2.54 bits per heavy atom. The predicted octanol–water partition coefficient (Wildman–Crippen LogP) is 5.55.